The maximum absolute atomic E-state index is 9.10. The Morgan fingerprint density at radius 1 is 1.50 bits per heavy atom. The van der Waals surface area contributed by atoms with Gasteiger partial charge in [0, 0.05) is 18.6 Å². The second-order valence-corrected chi connectivity index (χ2v) is 5.66. The molecule has 0 saturated carbocycles. The minimum Gasteiger partial charge on any atom is -0.396 e. The molecule has 8 heteroatoms. The number of aryl methyl sites for hydroxylation is 1. The number of ether oxygens (including phenoxy) is 1. The number of rotatable bonds is 7. The summed E-state index contributed by atoms with van der Waals surface area (Å²) in [7, 11) is 1.63. The third-order valence-electron chi connectivity index (χ3n) is 2.83. The Bertz CT molecular complexity index is 568. The normalized spacial score (nSPS) is 12.6. The number of hydrogen-bond acceptors (Lipinski definition) is 8. The van der Waals surface area contributed by atoms with Gasteiger partial charge in [0.1, 0.15) is 10.6 Å². The highest BCUT2D eigenvalue weighted by Crippen LogP contribution is 2.29. The summed E-state index contributed by atoms with van der Waals surface area (Å²) in [5.74, 6) is 6.46. The summed E-state index contributed by atoms with van der Waals surface area (Å²) < 4.78 is 5.15. The molecule has 2 heterocycles. The number of nitrogens with two attached hydrogens (primary N) is 1. The number of fused-ring (bicyclic) bond motifs is 1. The number of hydrazine groups is 1. The molecule has 0 aliphatic rings. The molecule has 2 aromatic heterocycles. The highest BCUT2D eigenvalue weighted by atomic mass is 32.1. The number of aliphatic hydroxyl groups excluding tert-OH is 1. The average molecular weight is 297 g/mol. The van der Waals surface area contributed by atoms with Crippen LogP contribution in [0.25, 0.3) is 10.2 Å². The van der Waals surface area contributed by atoms with Crippen molar-refractivity contribution in [2.45, 2.75) is 19.4 Å². The standard InChI is InChI=1S/C12H19N5O2S/c1-7-5-9-10(14-8(3-4-18)6-19-2)15-12(17-13)16-11(9)20-7/h5,8,18H,3-4,6,13H2,1-2H3,(H2,14,15,16,17). The minimum atomic E-state index is -0.0195. The van der Waals surface area contributed by atoms with Crippen LogP contribution in [0.5, 0.6) is 0 Å². The molecular weight excluding hydrogens is 278 g/mol. The van der Waals surface area contributed by atoms with Crippen LogP contribution in [0.1, 0.15) is 11.3 Å². The highest BCUT2D eigenvalue weighted by molar-refractivity contribution is 7.18. The number of thiophene rings is 1. The number of methoxy groups -OCH3 is 1. The van der Waals surface area contributed by atoms with Gasteiger partial charge in [-0.1, -0.05) is 0 Å². The Balaban J connectivity index is 2.35. The van der Waals surface area contributed by atoms with Crippen molar-refractivity contribution < 1.29 is 9.84 Å². The van der Waals surface area contributed by atoms with Crippen molar-refractivity contribution in [2.24, 2.45) is 5.84 Å². The number of aliphatic hydroxyl groups is 1. The molecule has 0 spiro atoms. The van der Waals surface area contributed by atoms with Gasteiger partial charge in [0.25, 0.3) is 0 Å². The number of nitrogens with zero attached hydrogens (tertiary/aromatic N) is 2. The van der Waals surface area contributed by atoms with Crippen LogP contribution in [-0.2, 0) is 4.74 Å². The van der Waals surface area contributed by atoms with Crippen LogP contribution in [0.3, 0.4) is 0 Å². The van der Waals surface area contributed by atoms with E-state index in [1.807, 2.05) is 13.0 Å². The Hall–Kier alpha value is -1.48. The van der Waals surface area contributed by atoms with E-state index in [-0.39, 0.29) is 12.6 Å². The first-order valence-electron chi connectivity index (χ1n) is 6.29. The molecule has 7 nitrogen and oxygen atoms in total. The Labute approximate surface area is 121 Å². The lowest BCUT2D eigenvalue weighted by atomic mass is 10.2. The molecule has 2 rings (SSSR count). The zero-order valence-corrected chi connectivity index (χ0v) is 12.3. The number of hydrogen-bond donors (Lipinski definition) is 4. The van der Waals surface area contributed by atoms with Gasteiger partial charge >= 0.3 is 0 Å². The summed E-state index contributed by atoms with van der Waals surface area (Å²) in [6.45, 7) is 2.59. The molecule has 0 amide bonds. The summed E-state index contributed by atoms with van der Waals surface area (Å²) in [4.78, 5) is 10.7. The van der Waals surface area contributed by atoms with Gasteiger partial charge in [-0.3, -0.25) is 5.43 Å². The van der Waals surface area contributed by atoms with Crippen LogP contribution >= 0.6 is 11.3 Å². The van der Waals surface area contributed by atoms with Gasteiger partial charge in [-0.15, -0.1) is 11.3 Å². The first-order chi connectivity index (χ1) is 9.67. The van der Waals surface area contributed by atoms with Crippen LogP contribution in [0.15, 0.2) is 6.07 Å². The molecule has 0 bridgehead atoms. The quantitative estimate of drug-likeness (QED) is 0.448. The maximum atomic E-state index is 9.10. The first-order valence-corrected chi connectivity index (χ1v) is 7.10. The molecule has 2 aromatic rings. The number of nitrogen functional groups attached to an aromatic ring is 1. The van der Waals surface area contributed by atoms with Crippen LogP contribution < -0.4 is 16.6 Å². The SMILES string of the molecule is COCC(CCO)Nc1nc(NN)nc2sc(C)cc12. The van der Waals surface area contributed by atoms with E-state index in [1.165, 1.54) is 0 Å². The Morgan fingerprint density at radius 2 is 2.30 bits per heavy atom. The fourth-order valence-electron chi connectivity index (χ4n) is 1.96. The summed E-state index contributed by atoms with van der Waals surface area (Å²) in [5, 5.41) is 13.3. The molecule has 110 valence electrons. The fourth-order valence-corrected chi connectivity index (χ4v) is 2.84. The summed E-state index contributed by atoms with van der Waals surface area (Å²) >= 11 is 1.58. The second-order valence-electron chi connectivity index (χ2n) is 4.42. The molecule has 1 atom stereocenters. The highest BCUT2D eigenvalue weighted by Gasteiger charge is 2.14. The van der Waals surface area contributed by atoms with Gasteiger partial charge in [-0.25, -0.2) is 10.8 Å². The van der Waals surface area contributed by atoms with Crippen molar-refractivity contribution in [1.29, 1.82) is 0 Å². The molecular formula is C12H19N5O2S. The summed E-state index contributed by atoms with van der Waals surface area (Å²) in [5.41, 5.74) is 2.47. The van der Waals surface area contributed by atoms with E-state index in [2.05, 4.69) is 20.7 Å². The van der Waals surface area contributed by atoms with Crippen LogP contribution in [-0.4, -0.2) is 41.4 Å². The van der Waals surface area contributed by atoms with E-state index < -0.39 is 0 Å². The Kier molecular flexibility index (Phi) is 5.07. The van der Waals surface area contributed by atoms with Crippen LogP contribution in [0.4, 0.5) is 11.8 Å². The van der Waals surface area contributed by atoms with Gasteiger partial charge in [0.05, 0.1) is 18.0 Å². The van der Waals surface area contributed by atoms with E-state index in [0.717, 1.165) is 15.1 Å². The Morgan fingerprint density at radius 3 is 2.95 bits per heavy atom. The minimum absolute atomic E-state index is 0.0195. The lowest BCUT2D eigenvalue weighted by Gasteiger charge is -2.18. The number of anilines is 2. The van der Waals surface area contributed by atoms with Gasteiger partial charge < -0.3 is 15.2 Å². The topological polar surface area (TPSA) is 105 Å². The van der Waals surface area contributed by atoms with Gasteiger partial charge in [-0.05, 0) is 19.4 Å². The van der Waals surface area contributed by atoms with E-state index >= 15 is 0 Å². The van der Waals surface area contributed by atoms with Crippen LogP contribution in [0.2, 0.25) is 0 Å². The maximum Gasteiger partial charge on any atom is 0.240 e. The van der Waals surface area contributed by atoms with Crippen molar-refractivity contribution in [3.8, 4) is 0 Å². The molecule has 0 aliphatic carbocycles. The second kappa shape index (κ2) is 6.80. The monoisotopic (exact) mass is 297 g/mol. The molecule has 0 radical (unpaired) electrons. The van der Waals surface area contributed by atoms with E-state index in [9.17, 15) is 0 Å². The van der Waals surface area contributed by atoms with E-state index in [4.69, 9.17) is 15.7 Å². The zero-order chi connectivity index (χ0) is 14.5. The van der Waals surface area contributed by atoms with Gasteiger partial charge in [0.2, 0.25) is 5.95 Å². The third-order valence-corrected chi connectivity index (χ3v) is 3.78. The third kappa shape index (κ3) is 3.34. The van der Waals surface area contributed by atoms with E-state index in [0.29, 0.717) is 24.8 Å². The van der Waals surface area contributed by atoms with E-state index in [1.54, 1.807) is 18.4 Å². The molecule has 0 aliphatic heterocycles. The van der Waals surface area contributed by atoms with Gasteiger partial charge in [-0.2, -0.15) is 4.98 Å². The van der Waals surface area contributed by atoms with Crippen molar-refractivity contribution in [1.82, 2.24) is 9.97 Å². The van der Waals surface area contributed by atoms with Crippen LogP contribution in [0, 0.1) is 6.92 Å². The summed E-state index contributed by atoms with van der Waals surface area (Å²) in [6, 6.07) is 2.01. The lowest BCUT2D eigenvalue weighted by Crippen LogP contribution is -2.27. The van der Waals surface area contributed by atoms with Gasteiger partial charge in [0.15, 0.2) is 0 Å². The number of aromatic nitrogens is 2. The largest absolute Gasteiger partial charge is 0.396 e. The van der Waals surface area contributed by atoms with Crippen molar-refractivity contribution in [3.63, 3.8) is 0 Å². The first kappa shape index (κ1) is 14.9. The molecule has 5 N–H and O–H groups in total. The molecule has 20 heavy (non-hydrogen) atoms. The van der Waals surface area contributed by atoms with Crippen molar-refractivity contribution in [2.75, 3.05) is 31.1 Å². The molecule has 1 unspecified atom stereocenters. The van der Waals surface area contributed by atoms with Crippen molar-refractivity contribution >= 4 is 33.3 Å². The average Bonchev–Trinajstić information content (AvgIpc) is 2.79. The predicted molar refractivity (Wildman–Crippen MR) is 81.0 cm³/mol. The fraction of sp³-hybridized carbons (Fsp3) is 0.500. The molecule has 0 fully saturated rings. The molecule has 0 aromatic carbocycles. The predicted octanol–water partition coefficient (Wildman–Crippen LogP) is 1.09. The van der Waals surface area contributed by atoms with Crippen molar-refractivity contribution in [3.05, 3.63) is 10.9 Å². The lowest BCUT2D eigenvalue weighted by molar-refractivity contribution is 0.170. The zero-order valence-electron chi connectivity index (χ0n) is 11.5. The smallest absolute Gasteiger partial charge is 0.240 e. The molecule has 0 saturated heterocycles. The number of nitrogens with one attached hydrogen (secondary N) is 2. The summed E-state index contributed by atoms with van der Waals surface area (Å²) in [6.07, 6.45) is 0.577.